The summed E-state index contributed by atoms with van der Waals surface area (Å²) >= 11 is 12.0. The Morgan fingerprint density at radius 3 is 2.68 bits per heavy atom. The fourth-order valence-electron chi connectivity index (χ4n) is 1.38. The summed E-state index contributed by atoms with van der Waals surface area (Å²) in [5.74, 6) is 0.0143. The second-order valence-corrected chi connectivity index (χ2v) is 4.33. The van der Waals surface area contributed by atoms with E-state index in [4.69, 9.17) is 27.9 Å². The largest absolute Gasteiger partial charge is 0.495 e. The lowest BCUT2D eigenvalue weighted by atomic mass is 10.3. The summed E-state index contributed by atoms with van der Waals surface area (Å²) in [7, 11) is 1.48. The van der Waals surface area contributed by atoms with Gasteiger partial charge in [0.25, 0.3) is 5.91 Å². The molecule has 0 radical (unpaired) electrons. The molecular formula is C12H9Cl2N3O2. The van der Waals surface area contributed by atoms with Crippen LogP contribution in [-0.4, -0.2) is 23.0 Å². The van der Waals surface area contributed by atoms with Crippen molar-refractivity contribution in [3.05, 3.63) is 46.5 Å². The van der Waals surface area contributed by atoms with Gasteiger partial charge in [-0.1, -0.05) is 23.2 Å². The molecule has 0 aliphatic carbocycles. The third-order valence-electron chi connectivity index (χ3n) is 2.29. The van der Waals surface area contributed by atoms with Crippen LogP contribution in [0.5, 0.6) is 5.75 Å². The van der Waals surface area contributed by atoms with Crippen molar-refractivity contribution in [3.8, 4) is 5.75 Å². The van der Waals surface area contributed by atoms with Gasteiger partial charge in [0, 0.05) is 18.5 Å². The van der Waals surface area contributed by atoms with E-state index in [0.29, 0.717) is 21.5 Å². The molecule has 7 heteroatoms. The van der Waals surface area contributed by atoms with Crippen LogP contribution in [0.25, 0.3) is 0 Å². The van der Waals surface area contributed by atoms with Crippen molar-refractivity contribution in [1.82, 2.24) is 9.97 Å². The summed E-state index contributed by atoms with van der Waals surface area (Å²) in [6.07, 6.45) is 4.26. The number of methoxy groups -OCH3 is 1. The van der Waals surface area contributed by atoms with Crippen molar-refractivity contribution in [3.63, 3.8) is 0 Å². The standard InChI is InChI=1S/C12H9Cl2N3O2/c1-19-11-5-7(13)9(4-8(11)14)17-12(18)10-6-15-2-3-16-10/h2-6H,1H3,(H,17,18). The molecule has 0 fully saturated rings. The number of aromatic nitrogens is 2. The Morgan fingerprint density at radius 1 is 1.26 bits per heavy atom. The van der Waals surface area contributed by atoms with E-state index < -0.39 is 5.91 Å². The number of anilines is 1. The summed E-state index contributed by atoms with van der Waals surface area (Å²) in [5.41, 5.74) is 0.564. The number of benzene rings is 1. The second-order valence-electron chi connectivity index (χ2n) is 3.51. The van der Waals surface area contributed by atoms with Crippen molar-refractivity contribution in [1.29, 1.82) is 0 Å². The Bertz CT molecular complexity index is 605. The Hall–Kier alpha value is -1.85. The quantitative estimate of drug-likeness (QED) is 0.946. The first kappa shape index (κ1) is 13.6. The van der Waals surface area contributed by atoms with Crippen LogP contribution in [0.3, 0.4) is 0 Å². The predicted octanol–water partition coefficient (Wildman–Crippen LogP) is 3.04. The zero-order valence-corrected chi connectivity index (χ0v) is 11.4. The molecule has 2 aromatic rings. The lowest BCUT2D eigenvalue weighted by Gasteiger charge is -2.09. The molecule has 0 bridgehead atoms. The monoisotopic (exact) mass is 297 g/mol. The van der Waals surface area contributed by atoms with Crippen LogP contribution in [-0.2, 0) is 0 Å². The Balaban J connectivity index is 2.25. The summed E-state index contributed by atoms with van der Waals surface area (Å²) in [6.45, 7) is 0. The molecule has 0 saturated carbocycles. The minimum atomic E-state index is -0.420. The van der Waals surface area contributed by atoms with E-state index in [9.17, 15) is 4.79 Å². The van der Waals surface area contributed by atoms with Crippen LogP contribution < -0.4 is 10.1 Å². The minimum Gasteiger partial charge on any atom is -0.495 e. The van der Waals surface area contributed by atoms with Crippen molar-refractivity contribution < 1.29 is 9.53 Å². The number of nitrogens with zero attached hydrogens (tertiary/aromatic N) is 2. The first-order valence-corrected chi connectivity index (χ1v) is 5.98. The van der Waals surface area contributed by atoms with Crippen molar-refractivity contribution in [2.75, 3.05) is 12.4 Å². The predicted molar refractivity (Wildman–Crippen MR) is 73.0 cm³/mol. The smallest absolute Gasteiger partial charge is 0.275 e. The molecular weight excluding hydrogens is 289 g/mol. The molecule has 2 rings (SSSR count). The topological polar surface area (TPSA) is 64.1 Å². The zero-order valence-electron chi connectivity index (χ0n) is 9.85. The fraction of sp³-hybridized carbons (Fsp3) is 0.0833. The molecule has 1 heterocycles. The van der Waals surface area contributed by atoms with E-state index in [2.05, 4.69) is 15.3 Å². The van der Waals surface area contributed by atoms with Crippen LogP contribution in [0.15, 0.2) is 30.7 Å². The molecule has 1 aromatic heterocycles. The van der Waals surface area contributed by atoms with Gasteiger partial charge in [0.1, 0.15) is 11.4 Å². The summed E-state index contributed by atoms with van der Waals surface area (Å²) in [5, 5.41) is 3.27. The first-order valence-electron chi connectivity index (χ1n) is 5.22. The van der Waals surface area contributed by atoms with Gasteiger partial charge in [-0.15, -0.1) is 0 Å². The molecule has 0 saturated heterocycles. The summed E-state index contributed by atoms with van der Waals surface area (Å²) in [4.78, 5) is 19.6. The second kappa shape index (κ2) is 5.86. The van der Waals surface area contributed by atoms with Gasteiger partial charge in [0.15, 0.2) is 0 Å². The van der Waals surface area contributed by atoms with Crippen LogP contribution in [0, 0.1) is 0 Å². The van der Waals surface area contributed by atoms with Crippen molar-refractivity contribution in [2.24, 2.45) is 0 Å². The van der Waals surface area contributed by atoms with E-state index in [1.165, 1.54) is 37.8 Å². The van der Waals surface area contributed by atoms with E-state index in [0.717, 1.165) is 0 Å². The van der Waals surface area contributed by atoms with Gasteiger partial charge < -0.3 is 10.1 Å². The maximum atomic E-state index is 11.9. The highest BCUT2D eigenvalue weighted by molar-refractivity contribution is 6.36. The Kier molecular flexibility index (Phi) is 4.19. The molecule has 5 nitrogen and oxygen atoms in total. The highest BCUT2D eigenvalue weighted by Gasteiger charge is 2.12. The molecule has 1 amide bonds. The average Bonchev–Trinajstić information content (AvgIpc) is 2.43. The minimum absolute atomic E-state index is 0.186. The number of ether oxygens (including phenoxy) is 1. The maximum Gasteiger partial charge on any atom is 0.275 e. The van der Waals surface area contributed by atoms with Gasteiger partial charge in [0.05, 0.1) is 29.0 Å². The fourth-order valence-corrected chi connectivity index (χ4v) is 1.83. The highest BCUT2D eigenvalue weighted by Crippen LogP contribution is 2.34. The van der Waals surface area contributed by atoms with Gasteiger partial charge >= 0.3 is 0 Å². The molecule has 1 aromatic carbocycles. The molecule has 0 unspecified atom stereocenters. The Labute approximate surface area is 119 Å². The third kappa shape index (κ3) is 3.13. The number of halogens is 2. The van der Waals surface area contributed by atoms with Gasteiger partial charge in [-0.2, -0.15) is 0 Å². The SMILES string of the molecule is COc1cc(Cl)c(NC(=O)c2cnccn2)cc1Cl. The lowest BCUT2D eigenvalue weighted by Crippen LogP contribution is -2.14. The molecule has 1 N–H and O–H groups in total. The lowest BCUT2D eigenvalue weighted by molar-refractivity contribution is 0.102. The number of nitrogens with one attached hydrogen (secondary N) is 1. The van der Waals surface area contributed by atoms with Crippen molar-refractivity contribution >= 4 is 34.8 Å². The summed E-state index contributed by atoms with van der Waals surface area (Å²) < 4.78 is 5.02. The molecule has 19 heavy (non-hydrogen) atoms. The number of carbonyl (C=O) groups excluding carboxylic acids is 1. The van der Waals surface area contributed by atoms with Gasteiger partial charge in [-0.3, -0.25) is 9.78 Å². The number of hydrogen-bond acceptors (Lipinski definition) is 4. The molecule has 0 atom stereocenters. The first-order chi connectivity index (χ1) is 9.11. The molecule has 0 spiro atoms. The Morgan fingerprint density at radius 2 is 2.05 bits per heavy atom. The number of rotatable bonds is 3. The van der Waals surface area contributed by atoms with E-state index in [-0.39, 0.29) is 5.69 Å². The average molecular weight is 298 g/mol. The third-order valence-corrected chi connectivity index (χ3v) is 2.89. The van der Waals surface area contributed by atoms with E-state index in [1.807, 2.05) is 0 Å². The number of carbonyl (C=O) groups is 1. The van der Waals surface area contributed by atoms with E-state index in [1.54, 1.807) is 0 Å². The molecule has 0 aliphatic heterocycles. The maximum absolute atomic E-state index is 11.9. The van der Waals surface area contributed by atoms with Gasteiger partial charge in [-0.25, -0.2) is 4.98 Å². The van der Waals surface area contributed by atoms with Gasteiger partial charge in [-0.05, 0) is 6.07 Å². The zero-order chi connectivity index (χ0) is 13.8. The van der Waals surface area contributed by atoms with Crippen LogP contribution >= 0.6 is 23.2 Å². The number of amides is 1. The highest BCUT2D eigenvalue weighted by atomic mass is 35.5. The van der Waals surface area contributed by atoms with E-state index >= 15 is 0 Å². The molecule has 98 valence electrons. The van der Waals surface area contributed by atoms with Crippen LogP contribution in [0.2, 0.25) is 10.0 Å². The molecule has 0 aliphatic rings. The van der Waals surface area contributed by atoms with Crippen LogP contribution in [0.4, 0.5) is 5.69 Å². The van der Waals surface area contributed by atoms with Gasteiger partial charge in [0.2, 0.25) is 0 Å². The number of hydrogen-bond donors (Lipinski definition) is 1. The van der Waals surface area contributed by atoms with Crippen LogP contribution in [0.1, 0.15) is 10.5 Å². The van der Waals surface area contributed by atoms with Crippen molar-refractivity contribution in [2.45, 2.75) is 0 Å². The normalized spacial score (nSPS) is 10.1. The summed E-state index contributed by atoms with van der Waals surface area (Å²) in [6, 6.07) is 3.03.